The van der Waals surface area contributed by atoms with Gasteiger partial charge in [0.05, 0.1) is 29.3 Å². The van der Waals surface area contributed by atoms with E-state index in [1.165, 1.54) is 37.7 Å². The van der Waals surface area contributed by atoms with Gasteiger partial charge in [0, 0.05) is 17.4 Å². The molecule has 0 unspecified atom stereocenters. The molecule has 11 heteroatoms. The molecule has 1 aromatic heterocycles. The van der Waals surface area contributed by atoms with Crippen LogP contribution in [0.4, 0.5) is 21.3 Å². The first-order valence-corrected chi connectivity index (χ1v) is 12.0. The van der Waals surface area contributed by atoms with Crippen LogP contribution in [-0.4, -0.2) is 33.7 Å². The van der Waals surface area contributed by atoms with Crippen molar-refractivity contribution < 1.29 is 22.7 Å². The van der Waals surface area contributed by atoms with Crippen LogP contribution in [0, 0.1) is 0 Å². The van der Waals surface area contributed by atoms with Gasteiger partial charge in [-0.2, -0.15) is 0 Å². The van der Waals surface area contributed by atoms with Gasteiger partial charge in [-0.15, -0.1) is 0 Å². The van der Waals surface area contributed by atoms with Crippen molar-refractivity contribution in [2.45, 2.75) is 4.90 Å². The van der Waals surface area contributed by atoms with Gasteiger partial charge in [-0.25, -0.2) is 18.2 Å². The van der Waals surface area contributed by atoms with Crippen molar-refractivity contribution in [2.24, 2.45) is 0 Å². The quantitative estimate of drug-likeness (QED) is 0.348. The van der Waals surface area contributed by atoms with Crippen LogP contribution < -0.4 is 24.8 Å². The molecular formula is C22H20N4O5S2. The lowest BCUT2D eigenvalue weighted by molar-refractivity contribution is 0.262. The fourth-order valence-corrected chi connectivity index (χ4v) is 5.19. The minimum Gasteiger partial charge on any atom is -0.493 e. The van der Waals surface area contributed by atoms with Crippen LogP contribution in [0.25, 0.3) is 10.2 Å². The maximum Gasteiger partial charge on any atom is 0.323 e. The van der Waals surface area contributed by atoms with E-state index in [0.29, 0.717) is 33.1 Å². The molecule has 170 valence electrons. The summed E-state index contributed by atoms with van der Waals surface area (Å²) in [5, 5.41) is 5.72. The molecule has 0 saturated heterocycles. The van der Waals surface area contributed by atoms with Crippen molar-refractivity contribution in [3.63, 3.8) is 0 Å². The number of sulfonamides is 1. The zero-order valence-corrected chi connectivity index (χ0v) is 19.3. The number of urea groups is 1. The Balaban J connectivity index is 1.47. The lowest BCUT2D eigenvalue weighted by Crippen LogP contribution is -2.19. The first kappa shape index (κ1) is 22.4. The van der Waals surface area contributed by atoms with Gasteiger partial charge in [0.2, 0.25) is 0 Å². The first-order valence-electron chi connectivity index (χ1n) is 9.66. The fourth-order valence-electron chi connectivity index (χ4n) is 3.03. The van der Waals surface area contributed by atoms with E-state index in [4.69, 9.17) is 9.47 Å². The van der Waals surface area contributed by atoms with Crippen molar-refractivity contribution in [1.29, 1.82) is 0 Å². The van der Waals surface area contributed by atoms with Crippen molar-refractivity contribution in [1.82, 2.24) is 4.98 Å². The molecule has 9 nitrogen and oxygen atoms in total. The van der Waals surface area contributed by atoms with Crippen molar-refractivity contribution in [3.05, 3.63) is 66.7 Å². The average Bonchev–Trinajstić information content (AvgIpc) is 3.20. The molecule has 2 amide bonds. The molecule has 0 spiro atoms. The number of rotatable bonds is 7. The third kappa shape index (κ3) is 5.16. The third-order valence-corrected chi connectivity index (χ3v) is 6.98. The highest BCUT2D eigenvalue weighted by atomic mass is 32.2. The van der Waals surface area contributed by atoms with Gasteiger partial charge in [-0.3, -0.25) is 4.72 Å². The maximum atomic E-state index is 12.5. The van der Waals surface area contributed by atoms with Crippen LogP contribution in [0.5, 0.6) is 11.5 Å². The summed E-state index contributed by atoms with van der Waals surface area (Å²) in [5.41, 5.74) is 1.67. The van der Waals surface area contributed by atoms with Gasteiger partial charge in [-0.05, 0) is 42.5 Å². The molecule has 0 radical (unpaired) electrons. The Hall–Kier alpha value is -3.83. The van der Waals surface area contributed by atoms with E-state index in [2.05, 4.69) is 20.3 Å². The normalized spacial score (nSPS) is 11.1. The van der Waals surface area contributed by atoms with Crippen LogP contribution in [0.2, 0.25) is 0 Å². The minimum absolute atomic E-state index is 0.151. The van der Waals surface area contributed by atoms with E-state index in [1.54, 1.807) is 54.6 Å². The second kappa shape index (κ2) is 9.35. The van der Waals surface area contributed by atoms with Crippen molar-refractivity contribution >= 4 is 54.1 Å². The molecule has 4 aromatic rings. The van der Waals surface area contributed by atoms with E-state index in [9.17, 15) is 13.2 Å². The number of thiazole rings is 1. The summed E-state index contributed by atoms with van der Waals surface area (Å²) in [6, 6.07) is 17.8. The highest BCUT2D eigenvalue weighted by Gasteiger charge is 2.16. The molecule has 1 heterocycles. The van der Waals surface area contributed by atoms with Crippen LogP contribution in [-0.2, 0) is 10.0 Å². The van der Waals surface area contributed by atoms with E-state index in [-0.39, 0.29) is 10.0 Å². The molecule has 0 aliphatic heterocycles. The predicted octanol–water partition coefficient (Wildman–Crippen LogP) is 4.76. The number of carbonyl (C=O) groups is 1. The number of methoxy groups -OCH3 is 2. The zero-order chi connectivity index (χ0) is 23.4. The average molecular weight is 485 g/mol. The molecule has 4 rings (SSSR count). The Bertz CT molecular complexity index is 1410. The largest absolute Gasteiger partial charge is 0.493 e. The molecule has 33 heavy (non-hydrogen) atoms. The first-order chi connectivity index (χ1) is 15.9. The Morgan fingerprint density at radius 3 is 2.24 bits per heavy atom. The molecule has 0 atom stereocenters. The Morgan fingerprint density at radius 2 is 1.55 bits per heavy atom. The van der Waals surface area contributed by atoms with E-state index >= 15 is 0 Å². The highest BCUT2D eigenvalue weighted by Crippen LogP contribution is 2.31. The number of aromatic nitrogens is 1. The van der Waals surface area contributed by atoms with Gasteiger partial charge in [0.25, 0.3) is 10.0 Å². The summed E-state index contributed by atoms with van der Waals surface area (Å²) in [6.07, 6.45) is 0. The molecule has 3 N–H and O–H groups in total. The molecule has 0 aliphatic carbocycles. The van der Waals surface area contributed by atoms with Crippen LogP contribution >= 0.6 is 11.3 Å². The number of amides is 2. The number of nitrogens with one attached hydrogen (secondary N) is 3. The standard InChI is InChI=1S/C22H20N4O5S2/c1-30-18-11-9-14(12-19(18)31-2)23-21(27)24-15-8-10-17-20(13-15)32-22(25-17)26-33(28,29)16-6-4-3-5-7-16/h3-13H,1-2H3,(H,25,26)(H2,23,24,27). The number of benzene rings is 3. The summed E-state index contributed by atoms with van der Waals surface area (Å²) in [7, 11) is -0.689. The molecule has 3 aromatic carbocycles. The number of anilines is 3. The third-order valence-electron chi connectivity index (χ3n) is 4.56. The van der Waals surface area contributed by atoms with Crippen molar-refractivity contribution in [3.8, 4) is 11.5 Å². The van der Waals surface area contributed by atoms with Crippen LogP contribution in [0.1, 0.15) is 0 Å². The number of hydrogen-bond donors (Lipinski definition) is 3. The predicted molar refractivity (Wildman–Crippen MR) is 129 cm³/mol. The number of hydrogen-bond acceptors (Lipinski definition) is 7. The van der Waals surface area contributed by atoms with E-state index in [0.717, 1.165) is 0 Å². The number of carbonyl (C=O) groups excluding carboxylic acids is 1. The van der Waals surface area contributed by atoms with E-state index < -0.39 is 16.1 Å². The Morgan fingerprint density at radius 1 is 0.879 bits per heavy atom. The van der Waals surface area contributed by atoms with Crippen molar-refractivity contribution in [2.75, 3.05) is 29.6 Å². The number of nitrogens with zero attached hydrogens (tertiary/aromatic N) is 1. The minimum atomic E-state index is -3.74. The SMILES string of the molecule is COc1ccc(NC(=O)Nc2ccc3nc(NS(=O)(=O)c4ccccc4)sc3c2)cc1OC. The van der Waals surface area contributed by atoms with Gasteiger partial charge in [0.15, 0.2) is 16.6 Å². The summed E-state index contributed by atoms with van der Waals surface area (Å²) < 4.78 is 38.7. The Labute approximate surface area is 194 Å². The summed E-state index contributed by atoms with van der Waals surface area (Å²) in [5.74, 6) is 1.05. The van der Waals surface area contributed by atoms with Gasteiger partial charge in [0.1, 0.15) is 0 Å². The molecule has 0 fully saturated rings. The summed E-state index contributed by atoms with van der Waals surface area (Å²) in [4.78, 5) is 16.9. The fraction of sp³-hybridized carbons (Fsp3) is 0.0909. The van der Waals surface area contributed by atoms with Gasteiger partial charge >= 0.3 is 6.03 Å². The molecular weight excluding hydrogens is 464 g/mol. The summed E-state index contributed by atoms with van der Waals surface area (Å²) >= 11 is 1.17. The van der Waals surface area contributed by atoms with Crippen LogP contribution in [0.3, 0.4) is 0 Å². The topological polar surface area (TPSA) is 119 Å². The highest BCUT2D eigenvalue weighted by molar-refractivity contribution is 7.93. The zero-order valence-electron chi connectivity index (χ0n) is 17.7. The van der Waals surface area contributed by atoms with Gasteiger partial charge in [-0.1, -0.05) is 29.5 Å². The van der Waals surface area contributed by atoms with Crippen LogP contribution in [0.15, 0.2) is 71.6 Å². The molecule has 0 aliphatic rings. The second-order valence-corrected chi connectivity index (χ2v) is 9.48. The van der Waals surface area contributed by atoms with Gasteiger partial charge < -0.3 is 20.1 Å². The molecule has 0 saturated carbocycles. The summed E-state index contributed by atoms with van der Waals surface area (Å²) in [6.45, 7) is 0. The monoisotopic (exact) mass is 484 g/mol. The number of ether oxygens (including phenoxy) is 2. The second-order valence-electron chi connectivity index (χ2n) is 6.77. The lowest BCUT2D eigenvalue weighted by atomic mass is 10.2. The lowest BCUT2D eigenvalue weighted by Gasteiger charge is -2.11. The molecule has 0 bridgehead atoms. The number of fused-ring (bicyclic) bond motifs is 1. The Kier molecular flexibility index (Phi) is 6.33. The van der Waals surface area contributed by atoms with E-state index in [1.807, 2.05) is 0 Å². The maximum absolute atomic E-state index is 12.5. The smallest absolute Gasteiger partial charge is 0.323 e.